The number of alkyl halides is 2. The zero-order valence-electron chi connectivity index (χ0n) is 21.4. The maximum Gasteiger partial charge on any atom is 0.270 e. The van der Waals surface area contributed by atoms with Gasteiger partial charge in [0.1, 0.15) is 12.4 Å². The molecular weight excluding hydrogens is 507 g/mol. The number of benzene rings is 3. The molecule has 2 heterocycles. The van der Waals surface area contributed by atoms with E-state index in [0.717, 1.165) is 29.3 Å². The van der Waals surface area contributed by atoms with Crippen molar-refractivity contribution in [3.63, 3.8) is 0 Å². The lowest BCUT2D eigenvalue weighted by atomic mass is 9.82. The summed E-state index contributed by atoms with van der Waals surface area (Å²) in [5.74, 6) is -4.60. The van der Waals surface area contributed by atoms with Crippen LogP contribution in [0.5, 0.6) is 0 Å². The molecule has 2 amide bonds. The van der Waals surface area contributed by atoms with Gasteiger partial charge in [-0.1, -0.05) is 24.3 Å². The molecular formula is C29H26F3N5O2. The Morgan fingerprint density at radius 3 is 2.26 bits per heavy atom. The van der Waals surface area contributed by atoms with E-state index in [-0.39, 0.29) is 43.0 Å². The Morgan fingerprint density at radius 1 is 1.03 bits per heavy atom. The van der Waals surface area contributed by atoms with Crippen LogP contribution in [0.3, 0.4) is 0 Å². The van der Waals surface area contributed by atoms with Gasteiger partial charge in [-0.3, -0.25) is 14.5 Å². The molecule has 0 unspecified atom stereocenters. The van der Waals surface area contributed by atoms with Crippen molar-refractivity contribution in [2.75, 3.05) is 41.8 Å². The fourth-order valence-corrected chi connectivity index (χ4v) is 5.13. The third-order valence-corrected chi connectivity index (χ3v) is 7.35. The molecule has 0 atom stereocenters. The first-order valence-corrected chi connectivity index (χ1v) is 12.4. The minimum absolute atomic E-state index is 0.0381. The van der Waals surface area contributed by atoms with E-state index in [4.69, 9.17) is 5.26 Å². The number of rotatable bonds is 6. The number of amides is 2. The molecule has 0 aliphatic carbocycles. The molecule has 2 fully saturated rings. The summed E-state index contributed by atoms with van der Waals surface area (Å²) in [6, 6.07) is 18.9. The molecule has 200 valence electrons. The fraction of sp³-hybridized carbons (Fsp3) is 0.276. The lowest BCUT2D eigenvalue weighted by Gasteiger charge is -2.58. The van der Waals surface area contributed by atoms with Crippen LogP contribution in [0.4, 0.5) is 30.2 Å². The largest absolute Gasteiger partial charge is 0.388 e. The molecule has 5 rings (SSSR count). The highest BCUT2D eigenvalue weighted by Gasteiger charge is 2.60. The molecule has 3 aromatic carbocycles. The monoisotopic (exact) mass is 533 g/mol. The van der Waals surface area contributed by atoms with Crippen LogP contribution in [0.2, 0.25) is 0 Å². The molecule has 0 aromatic heterocycles. The number of nitrogens with one attached hydrogen (secondary N) is 1. The van der Waals surface area contributed by atoms with Gasteiger partial charge in [0.05, 0.1) is 30.4 Å². The van der Waals surface area contributed by atoms with E-state index in [9.17, 15) is 22.8 Å². The van der Waals surface area contributed by atoms with E-state index in [1.54, 1.807) is 0 Å². The van der Waals surface area contributed by atoms with Crippen LogP contribution in [-0.2, 0) is 22.1 Å². The molecule has 1 N–H and O–H groups in total. The van der Waals surface area contributed by atoms with Crippen molar-refractivity contribution in [3.8, 4) is 6.07 Å². The van der Waals surface area contributed by atoms with Crippen LogP contribution in [0, 0.1) is 17.1 Å². The number of anilines is 3. The van der Waals surface area contributed by atoms with Crippen LogP contribution in [0.1, 0.15) is 23.6 Å². The molecule has 3 aromatic rings. The number of carbonyl (C=O) groups is 2. The Kier molecular flexibility index (Phi) is 6.46. The van der Waals surface area contributed by atoms with Gasteiger partial charge in [0, 0.05) is 37.5 Å². The maximum atomic E-state index is 14.9. The van der Waals surface area contributed by atoms with Crippen molar-refractivity contribution < 1.29 is 22.8 Å². The number of halogens is 3. The molecule has 10 heteroatoms. The molecule has 2 aliphatic heterocycles. The number of nitrogens with zero attached hydrogens (tertiary/aromatic N) is 4. The van der Waals surface area contributed by atoms with Gasteiger partial charge < -0.3 is 15.1 Å². The summed E-state index contributed by atoms with van der Waals surface area (Å²) >= 11 is 0. The average Bonchev–Trinajstić information content (AvgIpc) is 2.90. The zero-order chi connectivity index (χ0) is 27.9. The summed E-state index contributed by atoms with van der Waals surface area (Å²) in [5.41, 5.74) is 0.967. The van der Waals surface area contributed by atoms with Gasteiger partial charge in [-0.15, -0.1) is 0 Å². The first kappa shape index (κ1) is 26.1. The van der Waals surface area contributed by atoms with E-state index >= 15 is 0 Å². The highest BCUT2D eigenvalue weighted by atomic mass is 19.3. The van der Waals surface area contributed by atoms with Gasteiger partial charge in [0.15, 0.2) is 5.54 Å². The Morgan fingerprint density at radius 2 is 1.69 bits per heavy atom. The minimum atomic E-state index is -3.00. The van der Waals surface area contributed by atoms with Crippen molar-refractivity contribution in [1.29, 1.82) is 5.26 Å². The van der Waals surface area contributed by atoms with Crippen LogP contribution in [0.25, 0.3) is 0 Å². The van der Waals surface area contributed by atoms with E-state index < -0.39 is 29.1 Å². The lowest BCUT2D eigenvalue weighted by Crippen LogP contribution is -2.81. The minimum Gasteiger partial charge on any atom is -0.388 e. The summed E-state index contributed by atoms with van der Waals surface area (Å²) < 4.78 is 42.4. The van der Waals surface area contributed by atoms with Crippen LogP contribution >= 0.6 is 0 Å². The standard InChI is InChI=1S/C29H26F3N5O2/c1-28(31,32)21-6-3-19(4-7-21)15-37-26(38)16-36(25-12-5-20(14-33)13-24(25)30)27(39)29(37)17-35(18-29)23-10-8-22(34-2)9-11-23/h3-13,34H,15-18H2,1-2H3. The lowest BCUT2D eigenvalue weighted by molar-refractivity contribution is -0.153. The number of hydrogen-bond donors (Lipinski definition) is 1. The van der Waals surface area contributed by atoms with Crippen molar-refractivity contribution in [1.82, 2.24) is 4.90 Å². The Labute approximate surface area is 224 Å². The van der Waals surface area contributed by atoms with E-state index in [0.29, 0.717) is 5.56 Å². The van der Waals surface area contributed by atoms with Gasteiger partial charge in [0.25, 0.3) is 11.8 Å². The maximum absolute atomic E-state index is 14.9. The van der Waals surface area contributed by atoms with Gasteiger partial charge in [-0.25, -0.2) is 13.2 Å². The predicted octanol–water partition coefficient (Wildman–Crippen LogP) is 4.49. The molecule has 0 radical (unpaired) electrons. The number of piperazine rings is 1. The third-order valence-electron chi connectivity index (χ3n) is 7.35. The highest BCUT2D eigenvalue weighted by molar-refractivity contribution is 6.11. The molecule has 0 saturated carbocycles. The Balaban J connectivity index is 1.48. The van der Waals surface area contributed by atoms with Gasteiger partial charge in [-0.05, 0) is 48.0 Å². The summed E-state index contributed by atoms with van der Waals surface area (Å²) in [6.07, 6.45) is 0. The Bertz CT molecular complexity index is 1460. The van der Waals surface area contributed by atoms with Crippen molar-refractivity contribution in [3.05, 3.63) is 89.2 Å². The molecule has 39 heavy (non-hydrogen) atoms. The van der Waals surface area contributed by atoms with Crippen LogP contribution < -0.4 is 15.1 Å². The number of nitriles is 1. The second-order valence-electron chi connectivity index (χ2n) is 9.92. The molecule has 0 bridgehead atoms. The van der Waals surface area contributed by atoms with Crippen LogP contribution in [-0.4, -0.2) is 48.9 Å². The van der Waals surface area contributed by atoms with Crippen molar-refractivity contribution >= 4 is 28.9 Å². The quantitative estimate of drug-likeness (QED) is 0.505. The van der Waals surface area contributed by atoms with Gasteiger partial charge in [-0.2, -0.15) is 5.26 Å². The molecule has 2 saturated heterocycles. The fourth-order valence-electron chi connectivity index (χ4n) is 5.13. The highest BCUT2D eigenvalue weighted by Crippen LogP contribution is 2.40. The zero-order valence-corrected chi connectivity index (χ0v) is 21.4. The first-order valence-electron chi connectivity index (χ1n) is 12.4. The topological polar surface area (TPSA) is 79.7 Å². The summed E-state index contributed by atoms with van der Waals surface area (Å²) in [4.78, 5) is 32.1. The summed E-state index contributed by atoms with van der Waals surface area (Å²) in [6.45, 7) is 0.820. The second-order valence-corrected chi connectivity index (χ2v) is 9.92. The van der Waals surface area contributed by atoms with Crippen molar-refractivity contribution in [2.24, 2.45) is 0 Å². The third kappa shape index (κ3) is 4.65. The summed E-state index contributed by atoms with van der Waals surface area (Å²) in [7, 11) is 1.81. The Hall–Kier alpha value is -4.52. The van der Waals surface area contributed by atoms with Gasteiger partial charge >= 0.3 is 0 Å². The number of carbonyl (C=O) groups excluding carboxylic acids is 2. The normalized spacial score (nSPS) is 16.8. The van der Waals surface area contributed by atoms with E-state index in [1.807, 2.05) is 42.3 Å². The number of hydrogen-bond acceptors (Lipinski definition) is 5. The van der Waals surface area contributed by atoms with E-state index in [1.165, 1.54) is 41.3 Å². The van der Waals surface area contributed by atoms with Crippen molar-refractivity contribution in [2.45, 2.75) is 24.9 Å². The molecule has 2 aliphatic rings. The molecule has 7 nitrogen and oxygen atoms in total. The van der Waals surface area contributed by atoms with Crippen LogP contribution in [0.15, 0.2) is 66.7 Å². The van der Waals surface area contributed by atoms with E-state index in [2.05, 4.69) is 5.32 Å². The van der Waals surface area contributed by atoms with Gasteiger partial charge in [0.2, 0.25) is 5.91 Å². The first-order chi connectivity index (χ1) is 18.6. The average molecular weight is 534 g/mol. The molecule has 1 spiro atoms. The smallest absolute Gasteiger partial charge is 0.270 e. The predicted molar refractivity (Wildman–Crippen MR) is 141 cm³/mol. The SMILES string of the molecule is CNc1ccc(N2CC3(C2)C(=O)N(c2ccc(C#N)cc2F)CC(=O)N3Cc2ccc(C(C)(F)F)cc2)cc1. The summed E-state index contributed by atoms with van der Waals surface area (Å²) in [5, 5.41) is 12.1. The second kappa shape index (κ2) is 9.66.